The average Bonchev–Trinajstić information content (AvgIpc) is 0.911. The minimum atomic E-state index is 0.181. The summed E-state index contributed by atoms with van der Waals surface area (Å²) in [6.45, 7) is 10.8. The van der Waals surface area contributed by atoms with Crippen molar-refractivity contribution in [3.63, 3.8) is 0 Å². The molecule has 3 aromatic heterocycles. The van der Waals surface area contributed by atoms with Crippen LogP contribution in [0.4, 0.5) is 51.2 Å². The van der Waals surface area contributed by atoms with Crippen molar-refractivity contribution in [1.82, 2.24) is 24.9 Å². The standard InChI is InChI=1S/C31H23BN2.C25H18BNO.C22H15N3O.C22H16N2.C19H13BO2/c1-22-20-29-31-30(21-22)34(24-14-6-3-7-15-24)28-19-11-9-17-26(28)32(31)25-16-8-10-18-27(25)33(29)23-12-4-2-5-13-23;1-17-15-22-25-24(16-17)28-23-14-8-6-12-20(23)26(25)19-11-5-7-13-21(19)27(22)18-9-3-2-4-10-18;1-14-23-21(15-7-3-2-4-8-15)25-22(24-14)16-11-12-18-17-9-5-6-10-19(17)26-20(18)13-16;1-14-23-20-12-5-4-10-18(20)22(24-14)19-11-6-8-16-13-15-7-2-3-9-17(15)21(16)19;1-12-10-17-19-18(11-12)22-16-9-5-3-7-14(16)20(19)13-6-2-4-8-15(13)21-17/h2-21H,1H3;2-16H,1H3;2-13H,1H3;2-12H,13H2,1H3;2-11H,1H3. The first-order valence-corrected chi connectivity index (χ1v) is 45.7. The number of para-hydroxylation sites is 11. The SMILES string of the molecule is Cc1cc2c3c(c1)N(c1ccccc1)c1ccccc1B3c1ccccc1N2c1ccccc1.Cc1cc2c3c(c1)N(c1ccccc1)c1ccccc1B3c1ccccc1O2.Cc1cc2c3c(c1)Oc1ccccc1B3c1ccccc1O2.Cc1nc(-c2cccc3c2-c2ccccc2C3)c2ccccc2n1.Cc1nc(-c2ccccc2)nc(-c2ccc3c(c2)oc2ccccc23)n1. The summed E-state index contributed by atoms with van der Waals surface area (Å²) in [4.78, 5) is 30.3. The third-order valence-electron chi connectivity index (χ3n) is 26.4. The van der Waals surface area contributed by atoms with E-state index >= 15 is 0 Å². The molecular weight excluding hydrogens is 1640 g/mol. The number of anilines is 9. The highest BCUT2D eigenvalue weighted by Gasteiger charge is 2.46. The van der Waals surface area contributed by atoms with Crippen LogP contribution in [0.2, 0.25) is 0 Å². The first-order chi connectivity index (χ1) is 66.0. The van der Waals surface area contributed by atoms with Gasteiger partial charge in [0.2, 0.25) is 0 Å². The molecule has 21 aromatic rings. The molecule has 134 heavy (non-hydrogen) atoms. The monoisotopic (exact) mass is 1720 g/mol. The van der Waals surface area contributed by atoms with E-state index in [9.17, 15) is 0 Å². The minimum Gasteiger partial charge on any atom is -0.458 e. The first kappa shape index (κ1) is 80.4. The zero-order chi connectivity index (χ0) is 89.6. The third-order valence-corrected chi connectivity index (χ3v) is 26.4. The number of aromatic nitrogens is 5. The Kier molecular flexibility index (Phi) is 20.1. The molecule has 634 valence electrons. The van der Waals surface area contributed by atoms with Crippen molar-refractivity contribution in [2.45, 2.75) is 41.0 Å². The third kappa shape index (κ3) is 14.2. The van der Waals surface area contributed by atoms with Crippen LogP contribution in [0, 0.1) is 34.6 Å². The molecule has 15 heteroatoms. The minimum absolute atomic E-state index is 0.181. The lowest BCUT2D eigenvalue weighted by Gasteiger charge is -2.44. The number of hydrogen-bond donors (Lipinski definition) is 0. The molecule has 0 bridgehead atoms. The molecule has 1 aliphatic carbocycles. The quantitative estimate of drug-likeness (QED) is 0.148. The number of aryl methyl sites for hydroxylation is 5. The van der Waals surface area contributed by atoms with E-state index in [4.69, 9.17) is 23.6 Å². The van der Waals surface area contributed by atoms with E-state index in [0.717, 1.165) is 107 Å². The maximum atomic E-state index is 6.38. The van der Waals surface area contributed by atoms with Gasteiger partial charge in [-0.15, -0.1) is 0 Å². The van der Waals surface area contributed by atoms with E-state index < -0.39 is 0 Å². The van der Waals surface area contributed by atoms with Gasteiger partial charge in [-0.2, -0.15) is 0 Å². The van der Waals surface area contributed by atoms with Crippen LogP contribution in [-0.2, 0) is 6.42 Å². The molecule has 0 unspecified atom stereocenters. The number of furan rings is 1. The second kappa shape index (κ2) is 33.6. The second-order valence-corrected chi connectivity index (χ2v) is 35.0. The molecular formula is C119H85B3N8O4. The fraction of sp³-hybridized carbons (Fsp3) is 0.0504. The van der Waals surface area contributed by atoms with Crippen LogP contribution in [0.1, 0.15) is 39.5 Å². The highest BCUT2D eigenvalue weighted by atomic mass is 16.5. The fourth-order valence-corrected chi connectivity index (χ4v) is 20.9. The first-order valence-electron chi connectivity index (χ1n) is 45.7. The number of ether oxygens (including phenoxy) is 3. The number of nitrogens with zero attached hydrogens (tertiary/aromatic N) is 8. The number of rotatable bonds is 6. The van der Waals surface area contributed by atoms with Crippen molar-refractivity contribution < 1.29 is 18.6 Å². The van der Waals surface area contributed by atoms with Crippen LogP contribution in [0.5, 0.6) is 34.5 Å². The summed E-state index contributed by atoms with van der Waals surface area (Å²) in [5.74, 6) is 8.46. The molecule has 0 fully saturated rings. The predicted octanol–water partition coefficient (Wildman–Crippen LogP) is 23.8. The summed E-state index contributed by atoms with van der Waals surface area (Å²) in [6, 6.07) is 145. The van der Waals surface area contributed by atoms with Crippen molar-refractivity contribution >= 4 is 153 Å². The zero-order valence-electron chi connectivity index (χ0n) is 74.4. The highest BCUT2D eigenvalue weighted by molar-refractivity contribution is 7.01. The molecule has 6 aliphatic heterocycles. The topological polar surface area (TPSA) is 115 Å². The molecule has 18 aromatic carbocycles. The lowest BCUT2D eigenvalue weighted by Crippen LogP contribution is -2.61. The Hall–Kier alpha value is -16.9. The van der Waals surface area contributed by atoms with E-state index in [-0.39, 0.29) is 20.1 Å². The number of benzene rings is 18. The second-order valence-electron chi connectivity index (χ2n) is 35.0. The van der Waals surface area contributed by atoms with E-state index in [2.05, 4.69) is 371 Å². The molecule has 0 spiro atoms. The van der Waals surface area contributed by atoms with Crippen LogP contribution in [-0.4, -0.2) is 45.1 Å². The molecule has 9 heterocycles. The van der Waals surface area contributed by atoms with E-state index in [1.807, 2.05) is 111 Å². The lowest BCUT2D eigenvalue weighted by molar-refractivity contribution is 0.464. The Morgan fingerprint density at radius 2 is 0.649 bits per heavy atom. The predicted molar refractivity (Wildman–Crippen MR) is 552 cm³/mol. The summed E-state index contributed by atoms with van der Waals surface area (Å²) < 4.78 is 24.6. The maximum Gasteiger partial charge on any atom is 0.260 e. The molecule has 0 N–H and O–H groups in total. The van der Waals surface area contributed by atoms with Gasteiger partial charge in [0.1, 0.15) is 57.3 Å². The van der Waals surface area contributed by atoms with Gasteiger partial charge in [-0.05, 0) is 257 Å². The van der Waals surface area contributed by atoms with Crippen LogP contribution >= 0.6 is 0 Å². The largest absolute Gasteiger partial charge is 0.458 e. The summed E-state index contributed by atoms with van der Waals surface area (Å²) in [5.41, 5.74) is 38.4. The molecule has 0 amide bonds. The summed E-state index contributed by atoms with van der Waals surface area (Å²) in [6.07, 6.45) is 1.00. The number of hydrogen-bond acceptors (Lipinski definition) is 12. The van der Waals surface area contributed by atoms with E-state index in [1.165, 1.54) is 134 Å². The van der Waals surface area contributed by atoms with Crippen LogP contribution in [0.3, 0.4) is 0 Å². The van der Waals surface area contributed by atoms with Gasteiger partial charge in [-0.3, -0.25) is 0 Å². The van der Waals surface area contributed by atoms with Crippen molar-refractivity contribution in [3.05, 3.63) is 452 Å². The Morgan fingerprint density at radius 1 is 0.254 bits per heavy atom. The smallest absolute Gasteiger partial charge is 0.260 e. The van der Waals surface area contributed by atoms with E-state index in [0.29, 0.717) is 17.5 Å². The van der Waals surface area contributed by atoms with Gasteiger partial charge in [0, 0.05) is 89.5 Å². The summed E-state index contributed by atoms with van der Waals surface area (Å²) >= 11 is 0. The molecule has 0 saturated carbocycles. The van der Waals surface area contributed by atoms with Gasteiger partial charge in [0.25, 0.3) is 20.1 Å². The van der Waals surface area contributed by atoms with Gasteiger partial charge >= 0.3 is 0 Å². The molecule has 7 aliphatic rings. The Morgan fingerprint density at radius 3 is 1.21 bits per heavy atom. The Balaban J connectivity index is 0.0000000927. The maximum absolute atomic E-state index is 6.38. The van der Waals surface area contributed by atoms with Gasteiger partial charge < -0.3 is 33.3 Å². The summed E-state index contributed by atoms with van der Waals surface area (Å²) in [5, 5.41) is 3.32. The van der Waals surface area contributed by atoms with Crippen molar-refractivity contribution in [2.75, 3.05) is 14.7 Å². The number of fused-ring (bicyclic) bond motifs is 19. The average molecular weight is 1720 g/mol. The molecule has 0 saturated heterocycles. The van der Waals surface area contributed by atoms with Crippen LogP contribution in [0.15, 0.2) is 417 Å². The van der Waals surface area contributed by atoms with Crippen LogP contribution in [0.25, 0.3) is 78.0 Å². The highest BCUT2D eigenvalue weighted by Crippen LogP contribution is 2.48. The van der Waals surface area contributed by atoms with E-state index in [1.54, 1.807) is 0 Å². The van der Waals surface area contributed by atoms with Gasteiger partial charge in [-0.1, -0.05) is 279 Å². The summed E-state index contributed by atoms with van der Waals surface area (Å²) in [7, 11) is 0. The van der Waals surface area contributed by atoms with Gasteiger partial charge in [0.05, 0.1) is 11.2 Å². The normalized spacial score (nSPS) is 12.7. The molecule has 0 radical (unpaired) electrons. The zero-order valence-corrected chi connectivity index (χ0v) is 74.4. The van der Waals surface area contributed by atoms with Gasteiger partial charge in [-0.25, -0.2) is 24.9 Å². The van der Waals surface area contributed by atoms with Crippen molar-refractivity contribution in [2.24, 2.45) is 0 Å². The van der Waals surface area contributed by atoms with Crippen LogP contribution < -0.4 is 78.1 Å². The molecule has 0 atom stereocenters. The molecule has 28 rings (SSSR count). The molecule has 12 nitrogen and oxygen atoms in total. The lowest BCUT2D eigenvalue weighted by atomic mass is 9.33. The van der Waals surface area contributed by atoms with Crippen molar-refractivity contribution in [1.29, 1.82) is 0 Å². The van der Waals surface area contributed by atoms with Crippen molar-refractivity contribution in [3.8, 4) is 79.7 Å². The fourth-order valence-electron chi connectivity index (χ4n) is 20.9. The Labute approximate surface area is 779 Å². The Bertz CT molecular complexity index is 8040. The van der Waals surface area contributed by atoms with Gasteiger partial charge in [0.15, 0.2) is 11.6 Å².